The first-order valence-corrected chi connectivity index (χ1v) is 10.9. The van der Waals surface area contributed by atoms with Crippen LogP contribution in [0.3, 0.4) is 0 Å². The Balaban J connectivity index is 1.22. The first-order valence-electron chi connectivity index (χ1n) is 10.9. The Labute approximate surface area is 168 Å². The standard InChI is InChI=1S/C23H33N3O2/c1-16-4-3-5-17(2)23(16)24-21(27)15-25-10-12-26(13-11-25)22(28)14-20(18-6-7-18)19-8-9-19/h3-5,18-20H,6-15H2,1-2H3,(H,24,27). The Morgan fingerprint density at radius 3 is 2.11 bits per heavy atom. The topological polar surface area (TPSA) is 52.7 Å². The minimum atomic E-state index is 0.0275. The molecule has 1 heterocycles. The van der Waals surface area contributed by atoms with Gasteiger partial charge in [0.1, 0.15) is 0 Å². The molecule has 1 aliphatic heterocycles. The molecule has 2 saturated carbocycles. The Hall–Kier alpha value is -1.88. The Kier molecular flexibility index (Phi) is 5.72. The summed E-state index contributed by atoms with van der Waals surface area (Å²) >= 11 is 0. The van der Waals surface area contributed by atoms with E-state index in [1.54, 1.807) is 0 Å². The van der Waals surface area contributed by atoms with E-state index in [1.807, 2.05) is 36.9 Å². The van der Waals surface area contributed by atoms with Gasteiger partial charge in [0.25, 0.3) is 0 Å². The van der Waals surface area contributed by atoms with Gasteiger partial charge in [0, 0.05) is 38.3 Å². The first kappa shape index (κ1) is 19.4. The molecule has 0 atom stereocenters. The number of para-hydroxylation sites is 1. The fourth-order valence-electron chi connectivity index (χ4n) is 4.65. The summed E-state index contributed by atoms with van der Waals surface area (Å²) < 4.78 is 0. The highest BCUT2D eigenvalue weighted by Crippen LogP contribution is 2.50. The van der Waals surface area contributed by atoms with Crippen LogP contribution in [0.1, 0.15) is 43.2 Å². The second-order valence-corrected chi connectivity index (χ2v) is 9.01. The van der Waals surface area contributed by atoms with Crippen molar-refractivity contribution in [2.45, 2.75) is 46.0 Å². The van der Waals surface area contributed by atoms with Crippen LogP contribution in [0.2, 0.25) is 0 Å². The molecular weight excluding hydrogens is 350 g/mol. The van der Waals surface area contributed by atoms with E-state index in [2.05, 4.69) is 10.2 Å². The minimum Gasteiger partial charge on any atom is -0.340 e. The van der Waals surface area contributed by atoms with Gasteiger partial charge in [0.2, 0.25) is 11.8 Å². The number of piperazine rings is 1. The lowest BCUT2D eigenvalue weighted by molar-refractivity contribution is -0.134. The van der Waals surface area contributed by atoms with Crippen LogP contribution < -0.4 is 5.32 Å². The number of aryl methyl sites for hydroxylation is 2. The predicted molar refractivity (Wildman–Crippen MR) is 111 cm³/mol. The third-order valence-corrected chi connectivity index (χ3v) is 6.70. The van der Waals surface area contributed by atoms with Crippen LogP contribution in [0.5, 0.6) is 0 Å². The van der Waals surface area contributed by atoms with E-state index >= 15 is 0 Å². The number of carbonyl (C=O) groups is 2. The number of anilines is 1. The molecule has 0 radical (unpaired) electrons. The third-order valence-electron chi connectivity index (χ3n) is 6.70. The van der Waals surface area contributed by atoms with Gasteiger partial charge in [0.05, 0.1) is 6.54 Å². The van der Waals surface area contributed by atoms with E-state index in [-0.39, 0.29) is 5.91 Å². The summed E-state index contributed by atoms with van der Waals surface area (Å²) in [6.45, 7) is 7.48. The maximum atomic E-state index is 12.7. The van der Waals surface area contributed by atoms with Gasteiger partial charge in [-0.25, -0.2) is 0 Å². The number of carbonyl (C=O) groups excluding carboxylic acids is 2. The fourth-order valence-corrected chi connectivity index (χ4v) is 4.65. The quantitative estimate of drug-likeness (QED) is 0.787. The van der Waals surface area contributed by atoms with E-state index in [0.29, 0.717) is 18.4 Å². The predicted octanol–water partition coefficient (Wildman–Crippen LogP) is 3.21. The van der Waals surface area contributed by atoms with Crippen molar-refractivity contribution < 1.29 is 9.59 Å². The summed E-state index contributed by atoms with van der Waals surface area (Å²) in [5.74, 6) is 2.66. The van der Waals surface area contributed by atoms with Crippen molar-refractivity contribution in [2.75, 3.05) is 38.0 Å². The van der Waals surface area contributed by atoms with Crippen LogP contribution in [0.25, 0.3) is 0 Å². The SMILES string of the molecule is Cc1cccc(C)c1NC(=O)CN1CCN(C(=O)CC(C2CC2)C2CC2)CC1. The molecule has 1 aromatic carbocycles. The van der Waals surface area contributed by atoms with E-state index in [4.69, 9.17) is 0 Å². The Bertz CT molecular complexity index is 699. The molecule has 1 aromatic rings. The van der Waals surface area contributed by atoms with Crippen molar-refractivity contribution in [2.24, 2.45) is 17.8 Å². The summed E-state index contributed by atoms with van der Waals surface area (Å²) in [5.41, 5.74) is 3.10. The maximum Gasteiger partial charge on any atom is 0.238 e. The van der Waals surface area contributed by atoms with Crippen LogP contribution in [-0.4, -0.2) is 54.3 Å². The zero-order valence-corrected chi connectivity index (χ0v) is 17.2. The lowest BCUT2D eigenvalue weighted by Gasteiger charge is -2.35. The van der Waals surface area contributed by atoms with E-state index in [9.17, 15) is 9.59 Å². The molecule has 4 rings (SSSR count). The van der Waals surface area contributed by atoms with Gasteiger partial charge in [0.15, 0.2) is 0 Å². The number of benzene rings is 1. The fraction of sp³-hybridized carbons (Fsp3) is 0.652. The number of hydrogen-bond acceptors (Lipinski definition) is 3. The highest BCUT2D eigenvalue weighted by Gasteiger charge is 2.42. The molecule has 28 heavy (non-hydrogen) atoms. The van der Waals surface area contributed by atoms with Crippen LogP contribution in [0.15, 0.2) is 18.2 Å². The Morgan fingerprint density at radius 1 is 1.00 bits per heavy atom. The summed E-state index contributed by atoms with van der Waals surface area (Å²) in [6, 6.07) is 6.04. The second kappa shape index (κ2) is 8.24. The van der Waals surface area contributed by atoms with Gasteiger partial charge in [-0.2, -0.15) is 0 Å². The Morgan fingerprint density at radius 2 is 1.57 bits per heavy atom. The number of nitrogens with zero attached hydrogens (tertiary/aromatic N) is 2. The van der Waals surface area contributed by atoms with Crippen LogP contribution in [-0.2, 0) is 9.59 Å². The molecule has 0 unspecified atom stereocenters. The van der Waals surface area contributed by atoms with Gasteiger partial charge in [-0.3, -0.25) is 14.5 Å². The van der Waals surface area contributed by atoms with E-state index in [0.717, 1.165) is 61.2 Å². The lowest BCUT2D eigenvalue weighted by Crippen LogP contribution is -2.50. The van der Waals surface area contributed by atoms with Crippen molar-refractivity contribution in [3.63, 3.8) is 0 Å². The normalized spacial score (nSPS) is 20.5. The van der Waals surface area contributed by atoms with Gasteiger partial charge in [-0.05, 0) is 68.4 Å². The van der Waals surface area contributed by atoms with Crippen molar-refractivity contribution in [3.8, 4) is 0 Å². The number of rotatable bonds is 7. The second-order valence-electron chi connectivity index (χ2n) is 9.01. The first-order chi connectivity index (χ1) is 13.5. The molecule has 2 aliphatic carbocycles. The molecule has 0 bridgehead atoms. The molecule has 5 heteroatoms. The van der Waals surface area contributed by atoms with Crippen molar-refractivity contribution >= 4 is 17.5 Å². The largest absolute Gasteiger partial charge is 0.340 e. The molecule has 152 valence electrons. The van der Waals surface area contributed by atoms with Gasteiger partial charge in [-0.1, -0.05) is 18.2 Å². The van der Waals surface area contributed by atoms with E-state index in [1.165, 1.54) is 25.7 Å². The number of amides is 2. The third kappa shape index (κ3) is 4.75. The minimum absolute atomic E-state index is 0.0275. The zero-order chi connectivity index (χ0) is 19.7. The summed E-state index contributed by atoms with van der Waals surface area (Å²) in [7, 11) is 0. The maximum absolute atomic E-state index is 12.7. The molecule has 3 aliphatic rings. The molecular formula is C23H33N3O2. The summed E-state index contributed by atoms with van der Waals surface area (Å²) in [6.07, 6.45) is 6.08. The monoisotopic (exact) mass is 383 g/mol. The van der Waals surface area contributed by atoms with Gasteiger partial charge < -0.3 is 10.2 Å². The zero-order valence-electron chi connectivity index (χ0n) is 17.2. The number of nitrogens with one attached hydrogen (secondary N) is 1. The molecule has 0 aromatic heterocycles. The molecule has 0 spiro atoms. The highest BCUT2D eigenvalue weighted by molar-refractivity contribution is 5.93. The molecule has 2 amide bonds. The van der Waals surface area contributed by atoms with E-state index < -0.39 is 0 Å². The average molecular weight is 384 g/mol. The van der Waals surface area contributed by atoms with Crippen molar-refractivity contribution in [1.82, 2.24) is 9.80 Å². The van der Waals surface area contributed by atoms with Crippen LogP contribution in [0.4, 0.5) is 5.69 Å². The van der Waals surface area contributed by atoms with Crippen molar-refractivity contribution in [1.29, 1.82) is 0 Å². The van der Waals surface area contributed by atoms with Gasteiger partial charge >= 0.3 is 0 Å². The van der Waals surface area contributed by atoms with Gasteiger partial charge in [-0.15, -0.1) is 0 Å². The lowest BCUT2D eigenvalue weighted by atomic mass is 9.93. The molecule has 1 N–H and O–H groups in total. The smallest absolute Gasteiger partial charge is 0.238 e. The highest BCUT2D eigenvalue weighted by atomic mass is 16.2. The molecule has 1 saturated heterocycles. The molecule has 5 nitrogen and oxygen atoms in total. The van der Waals surface area contributed by atoms with Crippen molar-refractivity contribution in [3.05, 3.63) is 29.3 Å². The average Bonchev–Trinajstić information content (AvgIpc) is 3.56. The summed E-state index contributed by atoms with van der Waals surface area (Å²) in [4.78, 5) is 29.4. The van der Waals surface area contributed by atoms with Crippen LogP contribution >= 0.6 is 0 Å². The number of hydrogen-bond donors (Lipinski definition) is 1. The molecule has 3 fully saturated rings. The summed E-state index contributed by atoms with van der Waals surface area (Å²) in [5, 5.41) is 3.06. The van der Waals surface area contributed by atoms with Crippen LogP contribution in [0, 0.1) is 31.6 Å².